The monoisotopic (exact) mass is 269 g/mol. The predicted octanol–water partition coefficient (Wildman–Crippen LogP) is 3.60. The van der Waals surface area contributed by atoms with Crippen LogP contribution in [0.25, 0.3) is 22.0 Å². The van der Waals surface area contributed by atoms with Crippen LogP contribution in [-0.4, -0.2) is 16.5 Å². The van der Waals surface area contributed by atoms with Gasteiger partial charge < -0.3 is 0 Å². The van der Waals surface area contributed by atoms with Crippen LogP contribution in [0.3, 0.4) is 0 Å². The van der Waals surface area contributed by atoms with Gasteiger partial charge in [0.25, 0.3) is 0 Å². The van der Waals surface area contributed by atoms with E-state index < -0.39 is 0 Å². The van der Waals surface area contributed by atoms with Gasteiger partial charge in [-0.15, -0.1) is 11.3 Å². The fraction of sp³-hybridized carbons (Fsp3) is 0. The number of rotatable bonds is 3. The van der Waals surface area contributed by atoms with Crippen LogP contribution in [0.4, 0.5) is 5.13 Å². The third kappa shape index (κ3) is 2.33. The van der Waals surface area contributed by atoms with E-state index in [-0.39, 0.29) is 0 Å². The Balaban J connectivity index is 2.09. The highest BCUT2D eigenvalue weighted by Gasteiger charge is 2.07. The summed E-state index contributed by atoms with van der Waals surface area (Å²) < 4.78 is 0. The molecule has 0 spiro atoms. The van der Waals surface area contributed by atoms with E-state index >= 15 is 0 Å². The molecule has 1 heterocycles. The summed E-state index contributed by atoms with van der Waals surface area (Å²) in [7, 11) is 0. The summed E-state index contributed by atoms with van der Waals surface area (Å²) in [5.41, 5.74) is 3.86. The van der Waals surface area contributed by atoms with Crippen LogP contribution < -0.4 is 5.48 Å². The SMILES string of the molecule is ON/C=N/c1nc(-c2cccc3ccccc23)cs1. The van der Waals surface area contributed by atoms with Crippen LogP contribution in [-0.2, 0) is 0 Å². The van der Waals surface area contributed by atoms with Gasteiger partial charge in [-0.25, -0.2) is 9.98 Å². The maximum Gasteiger partial charge on any atom is 0.211 e. The fourth-order valence-electron chi connectivity index (χ4n) is 1.98. The van der Waals surface area contributed by atoms with E-state index in [0.29, 0.717) is 5.13 Å². The summed E-state index contributed by atoms with van der Waals surface area (Å²) in [6.07, 6.45) is 1.20. The molecular formula is C14H11N3OS. The molecule has 0 bridgehead atoms. The van der Waals surface area contributed by atoms with Crippen LogP contribution >= 0.6 is 11.3 Å². The highest BCUT2D eigenvalue weighted by atomic mass is 32.1. The van der Waals surface area contributed by atoms with Crippen LogP contribution in [0.2, 0.25) is 0 Å². The molecule has 4 nitrogen and oxygen atoms in total. The molecule has 94 valence electrons. The average molecular weight is 269 g/mol. The number of nitrogens with one attached hydrogen (secondary N) is 1. The van der Waals surface area contributed by atoms with Gasteiger partial charge in [0.1, 0.15) is 6.34 Å². The molecule has 0 aliphatic carbocycles. The van der Waals surface area contributed by atoms with Gasteiger partial charge in [0.15, 0.2) is 0 Å². The van der Waals surface area contributed by atoms with Crippen LogP contribution in [0, 0.1) is 0 Å². The van der Waals surface area contributed by atoms with Gasteiger partial charge in [0, 0.05) is 10.9 Å². The standard InChI is InChI=1S/C14H11N3OS/c18-16-9-15-14-17-13(8-19-14)12-7-3-5-10-4-1-2-6-11(10)12/h1-9,18H,(H,15,16,17). The van der Waals surface area contributed by atoms with Gasteiger partial charge in [-0.3, -0.25) is 10.7 Å². The third-order valence-corrected chi connectivity index (χ3v) is 3.54. The molecule has 0 aliphatic heterocycles. The minimum atomic E-state index is 0.601. The quantitative estimate of drug-likeness (QED) is 0.434. The Kier molecular flexibility index (Phi) is 3.22. The van der Waals surface area contributed by atoms with E-state index in [9.17, 15) is 0 Å². The van der Waals surface area contributed by atoms with Gasteiger partial charge in [0.05, 0.1) is 5.69 Å². The van der Waals surface area contributed by atoms with E-state index in [1.165, 1.54) is 28.4 Å². The zero-order chi connectivity index (χ0) is 13.1. The molecule has 2 aromatic carbocycles. The number of nitrogens with zero attached hydrogens (tertiary/aromatic N) is 2. The van der Waals surface area contributed by atoms with E-state index in [2.05, 4.69) is 34.2 Å². The van der Waals surface area contributed by atoms with Gasteiger partial charge >= 0.3 is 0 Å². The first-order valence-corrected chi connectivity index (χ1v) is 6.62. The van der Waals surface area contributed by atoms with Crippen molar-refractivity contribution in [2.75, 3.05) is 0 Å². The number of aliphatic imine (C=N–C) groups is 1. The Hall–Kier alpha value is -2.24. The number of hydrogen-bond donors (Lipinski definition) is 2. The molecule has 0 aliphatic rings. The van der Waals surface area contributed by atoms with Crippen molar-refractivity contribution in [2.24, 2.45) is 4.99 Å². The van der Waals surface area contributed by atoms with Crippen LogP contribution in [0.15, 0.2) is 52.8 Å². The predicted molar refractivity (Wildman–Crippen MR) is 78.1 cm³/mol. The van der Waals surface area contributed by atoms with Crippen molar-refractivity contribution < 1.29 is 5.21 Å². The molecule has 3 aromatic rings. The van der Waals surface area contributed by atoms with Gasteiger partial charge in [-0.1, -0.05) is 42.5 Å². The van der Waals surface area contributed by atoms with Crippen LogP contribution in [0.1, 0.15) is 0 Å². The summed E-state index contributed by atoms with van der Waals surface area (Å²) in [6, 6.07) is 14.4. The van der Waals surface area contributed by atoms with E-state index in [4.69, 9.17) is 5.21 Å². The number of thiazole rings is 1. The zero-order valence-corrected chi connectivity index (χ0v) is 10.8. The Bertz CT molecular complexity index is 731. The lowest BCUT2D eigenvalue weighted by atomic mass is 10.0. The van der Waals surface area contributed by atoms with Crippen molar-refractivity contribution in [1.29, 1.82) is 0 Å². The molecule has 19 heavy (non-hydrogen) atoms. The first-order chi connectivity index (χ1) is 9.38. The summed E-state index contributed by atoms with van der Waals surface area (Å²) in [5, 5.41) is 13.4. The minimum Gasteiger partial charge on any atom is -0.290 e. The number of hydrogen-bond acceptors (Lipinski definition) is 4. The number of aromatic nitrogens is 1. The van der Waals surface area contributed by atoms with Crippen LogP contribution in [0.5, 0.6) is 0 Å². The second-order valence-electron chi connectivity index (χ2n) is 3.93. The molecule has 0 amide bonds. The normalized spacial score (nSPS) is 11.2. The molecule has 0 radical (unpaired) electrons. The highest BCUT2D eigenvalue weighted by molar-refractivity contribution is 7.13. The van der Waals surface area contributed by atoms with Crippen molar-refractivity contribution in [3.05, 3.63) is 47.8 Å². The number of hydroxylamine groups is 1. The molecule has 0 saturated heterocycles. The van der Waals surface area contributed by atoms with Crippen molar-refractivity contribution in [3.63, 3.8) is 0 Å². The Morgan fingerprint density at radius 1 is 1.16 bits per heavy atom. The Labute approximate surface area is 114 Å². The highest BCUT2D eigenvalue weighted by Crippen LogP contribution is 2.31. The summed E-state index contributed by atoms with van der Waals surface area (Å²) in [5.74, 6) is 0. The Morgan fingerprint density at radius 2 is 2.00 bits per heavy atom. The summed E-state index contributed by atoms with van der Waals surface area (Å²) in [6.45, 7) is 0. The lowest BCUT2D eigenvalue weighted by molar-refractivity contribution is 0.240. The van der Waals surface area contributed by atoms with Crippen molar-refractivity contribution >= 4 is 33.6 Å². The largest absolute Gasteiger partial charge is 0.290 e. The third-order valence-electron chi connectivity index (χ3n) is 2.79. The topological polar surface area (TPSA) is 57.5 Å². The second kappa shape index (κ2) is 5.17. The molecule has 0 saturated carbocycles. The molecule has 1 aromatic heterocycles. The zero-order valence-electron chi connectivity index (χ0n) is 9.95. The molecule has 0 unspecified atom stereocenters. The van der Waals surface area contributed by atoms with E-state index in [0.717, 1.165) is 11.3 Å². The second-order valence-corrected chi connectivity index (χ2v) is 4.77. The molecule has 5 heteroatoms. The van der Waals surface area contributed by atoms with E-state index in [1.807, 2.05) is 29.1 Å². The first-order valence-electron chi connectivity index (χ1n) is 5.74. The lowest BCUT2D eigenvalue weighted by Gasteiger charge is -2.03. The lowest BCUT2D eigenvalue weighted by Crippen LogP contribution is -2.00. The molecule has 2 N–H and O–H groups in total. The maximum atomic E-state index is 8.47. The molecular weight excluding hydrogens is 258 g/mol. The molecule has 0 fully saturated rings. The Morgan fingerprint density at radius 3 is 2.89 bits per heavy atom. The average Bonchev–Trinajstić information content (AvgIpc) is 2.93. The molecule has 3 rings (SSSR count). The van der Waals surface area contributed by atoms with Gasteiger partial charge in [0.2, 0.25) is 5.13 Å². The van der Waals surface area contributed by atoms with Gasteiger partial charge in [-0.05, 0) is 10.8 Å². The maximum absolute atomic E-state index is 8.47. The first kappa shape index (κ1) is 11.8. The smallest absolute Gasteiger partial charge is 0.211 e. The number of benzene rings is 2. The van der Waals surface area contributed by atoms with Crippen molar-refractivity contribution in [1.82, 2.24) is 10.5 Å². The van der Waals surface area contributed by atoms with Crippen molar-refractivity contribution in [3.8, 4) is 11.3 Å². The fourth-order valence-corrected chi connectivity index (χ4v) is 2.64. The number of fused-ring (bicyclic) bond motifs is 1. The van der Waals surface area contributed by atoms with Gasteiger partial charge in [-0.2, -0.15) is 0 Å². The van der Waals surface area contributed by atoms with E-state index in [1.54, 1.807) is 0 Å². The summed E-state index contributed by atoms with van der Waals surface area (Å²) in [4.78, 5) is 8.41. The van der Waals surface area contributed by atoms with Crippen molar-refractivity contribution in [2.45, 2.75) is 0 Å². The summed E-state index contributed by atoms with van der Waals surface area (Å²) >= 11 is 1.43. The molecule has 0 atom stereocenters. The minimum absolute atomic E-state index is 0.601.